The quantitative estimate of drug-likeness (QED) is 0.528. The summed E-state index contributed by atoms with van der Waals surface area (Å²) in [4.78, 5) is 2.02. The summed E-state index contributed by atoms with van der Waals surface area (Å²) in [7, 11) is 1.94. The highest BCUT2D eigenvalue weighted by molar-refractivity contribution is 5.92. The molecule has 0 bridgehead atoms. The van der Waals surface area contributed by atoms with Crippen LogP contribution in [0, 0.1) is 22.7 Å². The van der Waals surface area contributed by atoms with Crippen LogP contribution in [0.2, 0.25) is 0 Å². The molecule has 1 aliphatic heterocycles. The van der Waals surface area contributed by atoms with Crippen molar-refractivity contribution in [2.24, 2.45) is 5.92 Å². The Balaban J connectivity index is 2.73. The molecule has 1 unspecified atom stereocenters. The molecule has 1 N–H and O–H groups in total. The molecule has 0 aromatic carbocycles. The fourth-order valence-corrected chi connectivity index (χ4v) is 1.18. The minimum Gasteiger partial charge on any atom is -0.307 e. The second kappa shape index (κ2) is 2.39. The molecule has 10 heavy (non-hydrogen) atoms. The van der Waals surface area contributed by atoms with Gasteiger partial charge in [-0.2, -0.15) is 5.26 Å². The van der Waals surface area contributed by atoms with E-state index in [1.807, 2.05) is 18.9 Å². The minimum atomic E-state index is -0.167. The van der Waals surface area contributed by atoms with E-state index >= 15 is 0 Å². The summed E-state index contributed by atoms with van der Waals surface area (Å²) in [6.45, 7) is 2.68. The zero-order valence-electron chi connectivity index (χ0n) is 6.26. The first-order valence-electron chi connectivity index (χ1n) is 3.35. The summed E-state index contributed by atoms with van der Waals surface area (Å²) < 4.78 is 0. The van der Waals surface area contributed by atoms with Crippen LogP contribution in [0.15, 0.2) is 0 Å². The van der Waals surface area contributed by atoms with Crippen molar-refractivity contribution < 1.29 is 0 Å². The van der Waals surface area contributed by atoms with Gasteiger partial charge in [0.2, 0.25) is 0 Å². The third-order valence-electron chi connectivity index (χ3n) is 2.11. The van der Waals surface area contributed by atoms with Crippen molar-refractivity contribution in [3.8, 4) is 6.07 Å². The summed E-state index contributed by atoms with van der Waals surface area (Å²) >= 11 is 0. The lowest BCUT2D eigenvalue weighted by molar-refractivity contribution is 0.347. The maximum absolute atomic E-state index is 8.55. The standard InChI is InChI=1S/C7H11N3/c1-5-7(9)6(3-8)4-10(5)2/h5-6,9H,4H2,1-2H3/t5-,6?/m0/s1. The normalized spacial score (nSPS) is 34.3. The summed E-state index contributed by atoms with van der Waals surface area (Å²) in [5.74, 6) is -0.167. The SMILES string of the molecule is C[C@H]1C(=N)C(C#N)CN1C. The van der Waals surface area contributed by atoms with E-state index in [9.17, 15) is 0 Å². The van der Waals surface area contributed by atoms with Gasteiger partial charge >= 0.3 is 0 Å². The van der Waals surface area contributed by atoms with Crippen LogP contribution in [0.4, 0.5) is 0 Å². The average molecular weight is 137 g/mol. The van der Waals surface area contributed by atoms with Crippen molar-refractivity contribution in [3.63, 3.8) is 0 Å². The lowest BCUT2D eigenvalue weighted by atomic mass is 10.1. The van der Waals surface area contributed by atoms with Gasteiger partial charge in [0.1, 0.15) is 0 Å². The van der Waals surface area contributed by atoms with Crippen LogP contribution in [0.5, 0.6) is 0 Å². The monoisotopic (exact) mass is 137 g/mol. The lowest BCUT2D eigenvalue weighted by Gasteiger charge is -2.11. The highest BCUT2D eigenvalue weighted by Gasteiger charge is 2.31. The zero-order valence-corrected chi connectivity index (χ0v) is 6.26. The number of likely N-dealkylation sites (tertiary alicyclic amines) is 1. The van der Waals surface area contributed by atoms with Crippen LogP contribution < -0.4 is 0 Å². The molecule has 54 valence electrons. The topological polar surface area (TPSA) is 50.9 Å². The maximum Gasteiger partial charge on any atom is 0.0981 e. The smallest absolute Gasteiger partial charge is 0.0981 e. The predicted molar refractivity (Wildman–Crippen MR) is 38.9 cm³/mol. The van der Waals surface area contributed by atoms with Gasteiger partial charge in [-0.05, 0) is 14.0 Å². The molecule has 0 amide bonds. The molecule has 0 aliphatic carbocycles. The van der Waals surface area contributed by atoms with Gasteiger partial charge in [0, 0.05) is 18.3 Å². The maximum atomic E-state index is 8.55. The van der Waals surface area contributed by atoms with E-state index < -0.39 is 0 Å². The van der Waals surface area contributed by atoms with Crippen LogP contribution in [0.3, 0.4) is 0 Å². The Morgan fingerprint density at radius 2 is 2.40 bits per heavy atom. The molecule has 0 aromatic heterocycles. The van der Waals surface area contributed by atoms with Crippen LogP contribution in [0.25, 0.3) is 0 Å². The van der Waals surface area contributed by atoms with Gasteiger partial charge in [-0.15, -0.1) is 0 Å². The molecule has 1 fully saturated rings. The van der Waals surface area contributed by atoms with Gasteiger partial charge in [0.25, 0.3) is 0 Å². The van der Waals surface area contributed by atoms with Crippen molar-refractivity contribution in [1.82, 2.24) is 4.90 Å². The number of nitrogens with one attached hydrogen (secondary N) is 1. The Morgan fingerprint density at radius 1 is 1.80 bits per heavy atom. The molecular formula is C7H11N3. The summed E-state index contributed by atoms with van der Waals surface area (Å²) in [6.07, 6.45) is 0. The fourth-order valence-electron chi connectivity index (χ4n) is 1.18. The number of hydrogen-bond donors (Lipinski definition) is 1. The largest absolute Gasteiger partial charge is 0.307 e. The molecule has 0 saturated carbocycles. The van der Waals surface area contributed by atoms with Crippen molar-refractivity contribution >= 4 is 5.71 Å². The molecule has 1 rings (SSSR count). The summed E-state index contributed by atoms with van der Waals surface area (Å²) in [5, 5.41) is 16.0. The third kappa shape index (κ3) is 0.910. The molecular weight excluding hydrogens is 126 g/mol. The number of hydrogen-bond acceptors (Lipinski definition) is 3. The highest BCUT2D eigenvalue weighted by Crippen LogP contribution is 2.16. The second-order valence-corrected chi connectivity index (χ2v) is 2.75. The number of nitriles is 1. The molecule has 0 spiro atoms. The first-order valence-corrected chi connectivity index (χ1v) is 3.35. The van der Waals surface area contributed by atoms with E-state index in [4.69, 9.17) is 10.7 Å². The van der Waals surface area contributed by atoms with Crippen LogP contribution in [-0.2, 0) is 0 Å². The van der Waals surface area contributed by atoms with Crippen LogP contribution in [-0.4, -0.2) is 30.2 Å². The summed E-state index contributed by atoms with van der Waals surface area (Å²) in [6, 6.07) is 2.27. The first kappa shape index (κ1) is 7.23. The fraction of sp³-hybridized carbons (Fsp3) is 0.714. The Kier molecular flexibility index (Phi) is 1.73. The van der Waals surface area contributed by atoms with Gasteiger partial charge in [-0.1, -0.05) is 0 Å². The Morgan fingerprint density at radius 3 is 2.60 bits per heavy atom. The Hall–Kier alpha value is -0.880. The molecule has 3 nitrogen and oxygen atoms in total. The van der Waals surface area contributed by atoms with E-state index in [2.05, 4.69) is 6.07 Å². The molecule has 2 atom stereocenters. The molecule has 3 heteroatoms. The number of rotatable bonds is 0. The van der Waals surface area contributed by atoms with Crippen molar-refractivity contribution in [2.75, 3.05) is 13.6 Å². The molecule has 1 saturated heterocycles. The minimum absolute atomic E-state index is 0.157. The average Bonchev–Trinajstić information content (AvgIpc) is 2.17. The summed E-state index contributed by atoms with van der Waals surface area (Å²) in [5.41, 5.74) is 0.560. The highest BCUT2D eigenvalue weighted by atomic mass is 15.2. The molecule has 1 heterocycles. The lowest BCUT2D eigenvalue weighted by Crippen LogP contribution is -2.25. The van der Waals surface area contributed by atoms with E-state index in [0.29, 0.717) is 5.71 Å². The van der Waals surface area contributed by atoms with Gasteiger partial charge in [0.15, 0.2) is 0 Å². The van der Waals surface area contributed by atoms with Crippen molar-refractivity contribution in [2.45, 2.75) is 13.0 Å². The van der Waals surface area contributed by atoms with Crippen LogP contribution >= 0.6 is 0 Å². The van der Waals surface area contributed by atoms with E-state index in [1.54, 1.807) is 0 Å². The predicted octanol–water partition coefficient (Wildman–Crippen LogP) is 0.480. The van der Waals surface area contributed by atoms with Gasteiger partial charge in [-0.25, -0.2) is 0 Å². The van der Waals surface area contributed by atoms with E-state index in [0.717, 1.165) is 6.54 Å². The van der Waals surface area contributed by atoms with Gasteiger partial charge in [0.05, 0.1) is 12.0 Å². The molecule has 0 aromatic rings. The van der Waals surface area contributed by atoms with Crippen molar-refractivity contribution in [1.29, 1.82) is 10.7 Å². The Bertz CT molecular complexity index is 192. The third-order valence-corrected chi connectivity index (χ3v) is 2.11. The van der Waals surface area contributed by atoms with E-state index in [1.165, 1.54) is 0 Å². The van der Waals surface area contributed by atoms with E-state index in [-0.39, 0.29) is 12.0 Å². The van der Waals surface area contributed by atoms with Crippen molar-refractivity contribution in [3.05, 3.63) is 0 Å². The first-order chi connectivity index (χ1) is 4.66. The molecule has 1 aliphatic rings. The van der Waals surface area contributed by atoms with Crippen LogP contribution in [0.1, 0.15) is 6.92 Å². The number of nitrogens with zero attached hydrogens (tertiary/aromatic N) is 2. The van der Waals surface area contributed by atoms with Gasteiger partial charge < -0.3 is 5.41 Å². The Labute approximate surface area is 60.8 Å². The van der Waals surface area contributed by atoms with Gasteiger partial charge in [-0.3, -0.25) is 4.90 Å². The second-order valence-electron chi connectivity index (χ2n) is 2.75. The molecule has 0 radical (unpaired) electrons. The zero-order chi connectivity index (χ0) is 7.72.